The van der Waals surface area contributed by atoms with Crippen molar-refractivity contribution >= 4 is 11.3 Å². The molecule has 1 aromatic heterocycles. The summed E-state index contributed by atoms with van der Waals surface area (Å²) in [5.41, 5.74) is 3.25. The minimum absolute atomic E-state index is 0.0245. The molecule has 2 nitrogen and oxygen atoms in total. The second-order valence-corrected chi connectivity index (χ2v) is 6.65. The third-order valence-corrected chi connectivity index (χ3v) is 4.24. The van der Waals surface area contributed by atoms with Crippen molar-refractivity contribution in [2.45, 2.75) is 39.7 Å². The van der Waals surface area contributed by atoms with Gasteiger partial charge in [-0.15, -0.1) is 11.3 Å². The van der Waals surface area contributed by atoms with Gasteiger partial charge < -0.3 is 5.11 Å². The first-order valence-corrected chi connectivity index (χ1v) is 6.91. The maximum Gasteiger partial charge on any atom is 0.0989 e. The summed E-state index contributed by atoms with van der Waals surface area (Å²) < 4.78 is 0. The third-order valence-electron chi connectivity index (χ3n) is 2.77. The Morgan fingerprint density at radius 1 is 1.28 bits per heavy atom. The van der Waals surface area contributed by atoms with Crippen molar-refractivity contribution in [3.8, 4) is 11.3 Å². The molecule has 0 spiro atoms. The van der Waals surface area contributed by atoms with Crippen molar-refractivity contribution in [1.82, 2.24) is 4.98 Å². The average Bonchev–Trinajstić information content (AvgIpc) is 2.72. The Bertz CT molecular complexity index is 552. The van der Waals surface area contributed by atoms with Crippen LogP contribution >= 0.6 is 11.3 Å². The van der Waals surface area contributed by atoms with Gasteiger partial charge in [0.25, 0.3) is 0 Å². The number of hydrogen-bond donors (Lipinski definition) is 1. The van der Waals surface area contributed by atoms with E-state index >= 15 is 0 Å². The fraction of sp³-hybridized carbons (Fsp3) is 0.400. The summed E-state index contributed by atoms with van der Waals surface area (Å²) in [6, 6.07) is 8.26. The first-order valence-electron chi connectivity index (χ1n) is 6.10. The lowest BCUT2D eigenvalue weighted by Crippen LogP contribution is -2.10. The summed E-state index contributed by atoms with van der Waals surface area (Å²) in [5.74, 6) is 0. The standard InChI is InChI=1S/C15H19NOS/c1-10-6-5-7-11(8-10)13-12(9-17)18-14(16-13)15(2,3)4/h5-8,17H,9H2,1-4H3. The fourth-order valence-corrected chi connectivity index (χ4v) is 2.80. The first-order chi connectivity index (χ1) is 8.41. The van der Waals surface area contributed by atoms with E-state index in [1.807, 2.05) is 12.1 Å². The van der Waals surface area contributed by atoms with Crippen LogP contribution in [0.4, 0.5) is 0 Å². The molecular formula is C15H19NOS. The highest BCUT2D eigenvalue weighted by Crippen LogP contribution is 2.34. The lowest BCUT2D eigenvalue weighted by molar-refractivity contribution is 0.286. The van der Waals surface area contributed by atoms with Gasteiger partial charge >= 0.3 is 0 Å². The van der Waals surface area contributed by atoms with Gasteiger partial charge in [-0.2, -0.15) is 0 Å². The minimum Gasteiger partial charge on any atom is -0.391 e. The number of nitrogens with zero attached hydrogens (tertiary/aromatic N) is 1. The Hall–Kier alpha value is -1.19. The zero-order chi connectivity index (χ0) is 13.3. The molecule has 0 saturated carbocycles. The molecule has 0 radical (unpaired) electrons. The van der Waals surface area contributed by atoms with Crippen LogP contribution in [0.15, 0.2) is 24.3 Å². The summed E-state index contributed by atoms with van der Waals surface area (Å²) in [5, 5.41) is 10.6. The predicted molar refractivity (Wildman–Crippen MR) is 76.9 cm³/mol. The molecule has 3 heteroatoms. The summed E-state index contributed by atoms with van der Waals surface area (Å²) in [6.45, 7) is 8.56. The number of aromatic nitrogens is 1. The predicted octanol–water partition coefficient (Wildman–Crippen LogP) is 3.91. The van der Waals surface area contributed by atoms with Gasteiger partial charge in [-0.25, -0.2) is 4.98 Å². The van der Waals surface area contributed by atoms with E-state index < -0.39 is 0 Å². The van der Waals surface area contributed by atoms with E-state index in [0.29, 0.717) is 0 Å². The van der Waals surface area contributed by atoms with Crippen LogP contribution in [0.3, 0.4) is 0 Å². The average molecular weight is 261 g/mol. The second-order valence-electron chi connectivity index (χ2n) is 5.57. The minimum atomic E-state index is 0.0245. The first kappa shape index (κ1) is 13.2. The highest BCUT2D eigenvalue weighted by Gasteiger charge is 2.21. The third kappa shape index (κ3) is 2.62. The van der Waals surface area contributed by atoms with E-state index in [-0.39, 0.29) is 12.0 Å². The molecule has 0 saturated heterocycles. The van der Waals surface area contributed by atoms with Gasteiger partial charge in [0.1, 0.15) is 0 Å². The fourth-order valence-electron chi connectivity index (χ4n) is 1.80. The lowest BCUT2D eigenvalue weighted by atomic mass is 9.98. The number of rotatable bonds is 2. The molecule has 1 N–H and O–H groups in total. The highest BCUT2D eigenvalue weighted by atomic mass is 32.1. The molecule has 96 valence electrons. The Morgan fingerprint density at radius 2 is 2.00 bits per heavy atom. The van der Waals surface area contributed by atoms with Gasteiger partial charge in [0.2, 0.25) is 0 Å². The zero-order valence-corrected chi connectivity index (χ0v) is 12.1. The van der Waals surface area contributed by atoms with Crippen LogP contribution in [0.1, 0.15) is 36.2 Å². The quantitative estimate of drug-likeness (QED) is 0.889. The smallest absolute Gasteiger partial charge is 0.0989 e. The van der Waals surface area contributed by atoms with E-state index in [9.17, 15) is 5.11 Å². The molecule has 0 aliphatic heterocycles. The molecule has 1 aromatic carbocycles. The number of hydrogen-bond acceptors (Lipinski definition) is 3. The van der Waals surface area contributed by atoms with Crippen molar-refractivity contribution in [2.75, 3.05) is 0 Å². The molecule has 2 aromatic rings. The number of thiazole rings is 1. The Morgan fingerprint density at radius 3 is 2.56 bits per heavy atom. The summed E-state index contributed by atoms with van der Waals surface area (Å²) in [4.78, 5) is 5.67. The number of aliphatic hydroxyl groups excluding tert-OH is 1. The van der Waals surface area contributed by atoms with Crippen molar-refractivity contribution < 1.29 is 5.11 Å². The van der Waals surface area contributed by atoms with Gasteiger partial charge in [0, 0.05) is 11.0 Å². The zero-order valence-electron chi connectivity index (χ0n) is 11.3. The van der Waals surface area contributed by atoms with Crippen LogP contribution in [-0.2, 0) is 12.0 Å². The second kappa shape index (κ2) is 4.82. The van der Waals surface area contributed by atoms with Crippen molar-refractivity contribution in [1.29, 1.82) is 0 Å². The van der Waals surface area contributed by atoms with Gasteiger partial charge in [-0.05, 0) is 13.0 Å². The molecule has 18 heavy (non-hydrogen) atoms. The largest absolute Gasteiger partial charge is 0.391 e. The van der Waals surface area contributed by atoms with Gasteiger partial charge in [0.05, 0.1) is 22.2 Å². The molecule has 1 heterocycles. The number of aryl methyl sites for hydroxylation is 1. The molecular weight excluding hydrogens is 242 g/mol. The molecule has 2 rings (SSSR count). The van der Waals surface area contributed by atoms with E-state index in [1.54, 1.807) is 11.3 Å². The van der Waals surface area contributed by atoms with Gasteiger partial charge in [0.15, 0.2) is 0 Å². The van der Waals surface area contributed by atoms with Crippen LogP contribution in [0.5, 0.6) is 0 Å². The molecule has 0 atom stereocenters. The SMILES string of the molecule is Cc1cccc(-c2nc(C(C)(C)C)sc2CO)c1. The molecule has 0 fully saturated rings. The van der Waals surface area contributed by atoms with Crippen LogP contribution in [0.25, 0.3) is 11.3 Å². The Labute approximate surface area is 112 Å². The highest BCUT2D eigenvalue weighted by molar-refractivity contribution is 7.12. The van der Waals surface area contributed by atoms with E-state index in [4.69, 9.17) is 4.98 Å². The lowest BCUT2D eigenvalue weighted by Gasteiger charge is -2.13. The molecule has 0 aliphatic carbocycles. The molecule has 0 amide bonds. The van der Waals surface area contributed by atoms with Crippen molar-refractivity contribution in [2.24, 2.45) is 0 Å². The maximum absolute atomic E-state index is 9.50. The Kier molecular flexibility index (Phi) is 3.55. The Balaban J connectivity index is 2.54. The number of benzene rings is 1. The van der Waals surface area contributed by atoms with E-state index in [2.05, 4.69) is 39.8 Å². The molecule has 0 bridgehead atoms. The van der Waals surface area contributed by atoms with Crippen molar-refractivity contribution in [3.63, 3.8) is 0 Å². The topological polar surface area (TPSA) is 33.1 Å². The monoisotopic (exact) mass is 261 g/mol. The van der Waals surface area contributed by atoms with Crippen LogP contribution in [0.2, 0.25) is 0 Å². The van der Waals surface area contributed by atoms with Crippen LogP contribution in [0, 0.1) is 6.92 Å². The van der Waals surface area contributed by atoms with E-state index in [0.717, 1.165) is 21.1 Å². The summed E-state index contributed by atoms with van der Waals surface area (Å²) >= 11 is 1.61. The van der Waals surface area contributed by atoms with Crippen LogP contribution < -0.4 is 0 Å². The van der Waals surface area contributed by atoms with Crippen LogP contribution in [-0.4, -0.2) is 10.1 Å². The van der Waals surface area contributed by atoms with Gasteiger partial charge in [-0.1, -0.05) is 44.5 Å². The molecule has 0 aliphatic rings. The van der Waals surface area contributed by atoms with Crippen molar-refractivity contribution in [3.05, 3.63) is 39.7 Å². The normalized spacial score (nSPS) is 11.8. The van der Waals surface area contributed by atoms with E-state index in [1.165, 1.54) is 5.56 Å². The number of aliphatic hydroxyl groups is 1. The summed E-state index contributed by atoms with van der Waals surface area (Å²) in [7, 11) is 0. The summed E-state index contributed by atoms with van der Waals surface area (Å²) in [6.07, 6.45) is 0. The maximum atomic E-state index is 9.50. The van der Waals surface area contributed by atoms with Gasteiger partial charge in [-0.3, -0.25) is 0 Å². The molecule has 0 unspecified atom stereocenters.